The predicted molar refractivity (Wildman–Crippen MR) is 103 cm³/mol. The van der Waals surface area contributed by atoms with Crippen LogP contribution in [0, 0.1) is 11.8 Å². The molecule has 26 heavy (non-hydrogen) atoms. The van der Waals surface area contributed by atoms with E-state index in [1.54, 1.807) is 7.11 Å². The third-order valence-corrected chi connectivity index (χ3v) is 5.36. The van der Waals surface area contributed by atoms with Crippen molar-refractivity contribution < 1.29 is 14.3 Å². The average Bonchev–Trinajstić information content (AvgIpc) is 2.68. The van der Waals surface area contributed by atoms with Gasteiger partial charge in [-0.3, -0.25) is 9.59 Å². The molecule has 1 atom stereocenters. The summed E-state index contributed by atoms with van der Waals surface area (Å²) in [5, 5.41) is 6.10. The second kappa shape index (κ2) is 10.2. The van der Waals surface area contributed by atoms with Crippen LogP contribution in [-0.2, 0) is 16.0 Å². The van der Waals surface area contributed by atoms with Crippen LogP contribution in [0.15, 0.2) is 24.3 Å². The van der Waals surface area contributed by atoms with E-state index < -0.39 is 0 Å². The Bertz CT molecular complexity index is 595. The van der Waals surface area contributed by atoms with E-state index >= 15 is 0 Å². The second-order valence-corrected chi connectivity index (χ2v) is 7.22. The molecular formula is C21H32N2O3. The molecule has 0 aliphatic heterocycles. The van der Waals surface area contributed by atoms with Gasteiger partial charge < -0.3 is 15.4 Å². The SMILES string of the molecule is CCC(C)NC(=O)C1CCC(C(=O)NCCc2ccccc2OC)CC1. The zero-order chi connectivity index (χ0) is 18.9. The normalized spacial score (nSPS) is 20.9. The lowest BCUT2D eigenvalue weighted by molar-refractivity contribution is -0.130. The summed E-state index contributed by atoms with van der Waals surface area (Å²) in [5.41, 5.74) is 1.10. The molecule has 1 aliphatic rings. The van der Waals surface area contributed by atoms with Crippen molar-refractivity contribution in [1.29, 1.82) is 0 Å². The fourth-order valence-corrected chi connectivity index (χ4v) is 3.45. The molecule has 5 nitrogen and oxygen atoms in total. The number of carbonyl (C=O) groups is 2. The average molecular weight is 360 g/mol. The van der Waals surface area contributed by atoms with Crippen LogP contribution in [0.4, 0.5) is 0 Å². The quantitative estimate of drug-likeness (QED) is 0.749. The first-order valence-electron chi connectivity index (χ1n) is 9.75. The monoisotopic (exact) mass is 360 g/mol. The van der Waals surface area contributed by atoms with Gasteiger partial charge in [-0.15, -0.1) is 0 Å². The van der Waals surface area contributed by atoms with Gasteiger partial charge in [0.05, 0.1) is 7.11 Å². The van der Waals surface area contributed by atoms with Gasteiger partial charge >= 0.3 is 0 Å². The highest BCUT2D eigenvalue weighted by Crippen LogP contribution is 2.29. The Morgan fingerprint density at radius 3 is 2.35 bits per heavy atom. The molecule has 0 saturated heterocycles. The fourth-order valence-electron chi connectivity index (χ4n) is 3.45. The highest BCUT2D eigenvalue weighted by atomic mass is 16.5. The topological polar surface area (TPSA) is 67.4 Å². The van der Waals surface area contributed by atoms with Gasteiger partial charge in [0.25, 0.3) is 0 Å². The number of nitrogens with one attached hydrogen (secondary N) is 2. The van der Waals surface area contributed by atoms with Crippen LogP contribution >= 0.6 is 0 Å². The maximum Gasteiger partial charge on any atom is 0.223 e. The largest absolute Gasteiger partial charge is 0.496 e. The zero-order valence-corrected chi connectivity index (χ0v) is 16.2. The highest BCUT2D eigenvalue weighted by Gasteiger charge is 2.30. The number of ether oxygens (including phenoxy) is 1. The van der Waals surface area contributed by atoms with E-state index in [0.717, 1.165) is 49.8 Å². The molecule has 1 aromatic carbocycles. The molecule has 2 N–H and O–H groups in total. The Morgan fingerprint density at radius 2 is 1.73 bits per heavy atom. The summed E-state index contributed by atoms with van der Waals surface area (Å²) in [4.78, 5) is 24.6. The van der Waals surface area contributed by atoms with Gasteiger partial charge in [-0.25, -0.2) is 0 Å². The molecule has 0 aromatic heterocycles. The number of rotatable bonds is 8. The van der Waals surface area contributed by atoms with Crippen molar-refractivity contribution in [3.63, 3.8) is 0 Å². The van der Waals surface area contributed by atoms with Gasteiger partial charge in [0.1, 0.15) is 5.75 Å². The van der Waals surface area contributed by atoms with Crippen molar-refractivity contribution in [2.45, 2.75) is 58.4 Å². The minimum Gasteiger partial charge on any atom is -0.496 e. The summed E-state index contributed by atoms with van der Waals surface area (Å²) in [7, 11) is 1.66. The fraction of sp³-hybridized carbons (Fsp3) is 0.619. The molecular weight excluding hydrogens is 328 g/mol. The number of amides is 2. The van der Waals surface area contributed by atoms with Crippen molar-refractivity contribution in [3.8, 4) is 5.75 Å². The Balaban J connectivity index is 1.72. The molecule has 1 aliphatic carbocycles. The van der Waals surface area contributed by atoms with E-state index in [1.807, 2.05) is 31.2 Å². The summed E-state index contributed by atoms with van der Waals surface area (Å²) in [6.45, 7) is 4.70. The van der Waals surface area contributed by atoms with Crippen LogP contribution < -0.4 is 15.4 Å². The highest BCUT2D eigenvalue weighted by molar-refractivity contribution is 5.81. The Labute approximate surface area is 156 Å². The lowest BCUT2D eigenvalue weighted by atomic mass is 9.81. The molecule has 0 radical (unpaired) electrons. The van der Waals surface area contributed by atoms with Gasteiger partial charge in [0, 0.05) is 24.4 Å². The summed E-state index contributed by atoms with van der Waals surface area (Å²) >= 11 is 0. The molecule has 5 heteroatoms. The Morgan fingerprint density at radius 1 is 1.12 bits per heavy atom. The first-order chi connectivity index (χ1) is 12.5. The minimum absolute atomic E-state index is 0.0281. The van der Waals surface area contributed by atoms with E-state index in [4.69, 9.17) is 4.74 Å². The number of para-hydroxylation sites is 1. The van der Waals surface area contributed by atoms with E-state index in [1.165, 1.54) is 0 Å². The first-order valence-corrected chi connectivity index (χ1v) is 9.75. The summed E-state index contributed by atoms with van der Waals surface area (Å²) in [5.74, 6) is 1.20. The van der Waals surface area contributed by atoms with Gasteiger partial charge in [-0.2, -0.15) is 0 Å². The van der Waals surface area contributed by atoms with Crippen molar-refractivity contribution in [2.75, 3.05) is 13.7 Å². The molecule has 0 heterocycles. The number of hydrogen-bond acceptors (Lipinski definition) is 3. The van der Waals surface area contributed by atoms with E-state index in [9.17, 15) is 9.59 Å². The lowest BCUT2D eigenvalue weighted by Gasteiger charge is -2.28. The summed E-state index contributed by atoms with van der Waals surface area (Å²) < 4.78 is 5.34. The summed E-state index contributed by atoms with van der Waals surface area (Å²) in [6, 6.07) is 8.09. The minimum atomic E-state index is 0.0281. The number of methoxy groups -OCH3 is 1. The molecule has 1 aromatic rings. The predicted octanol–water partition coefficient (Wildman–Crippen LogP) is 3.08. The molecule has 2 rings (SSSR count). The first kappa shape index (κ1) is 20.3. The van der Waals surface area contributed by atoms with Crippen LogP contribution in [0.3, 0.4) is 0 Å². The third-order valence-electron chi connectivity index (χ3n) is 5.36. The molecule has 1 unspecified atom stereocenters. The Kier molecular flexibility index (Phi) is 7.95. The van der Waals surface area contributed by atoms with E-state index in [-0.39, 0.29) is 29.7 Å². The van der Waals surface area contributed by atoms with E-state index in [2.05, 4.69) is 17.6 Å². The van der Waals surface area contributed by atoms with Crippen LogP contribution in [0.5, 0.6) is 5.75 Å². The van der Waals surface area contributed by atoms with Gasteiger partial charge in [-0.05, 0) is 57.1 Å². The zero-order valence-electron chi connectivity index (χ0n) is 16.2. The summed E-state index contributed by atoms with van der Waals surface area (Å²) in [6.07, 6.45) is 4.87. The molecule has 2 amide bonds. The number of hydrogen-bond donors (Lipinski definition) is 2. The van der Waals surface area contributed by atoms with Crippen LogP contribution in [-0.4, -0.2) is 31.5 Å². The smallest absolute Gasteiger partial charge is 0.223 e. The van der Waals surface area contributed by atoms with Crippen molar-refractivity contribution >= 4 is 11.8 Å². The van der Waals surface area contributed by atoms with Crippen LogP contribution in [0.25, 0.3) is 0 Å². The van der Waals surface area contributed by atoms with Gasteiger partial charge in [0.2, 0.25) is 11.8 Å². The van der Waals surface area contributed by atoms with Crippen molar-refractivity contribution in [2.24, 2.45) is 11.8 Å². The van der Waals surface area contributed by atoms with Crippen LogP contribution in [0.2, 0.25) is 0 Å². The lowest BCUT2D eigenvalue weighted by Crippen LogP contribution is -2.40. The van der Waals surface area contributed by atoms with E-state index in [0.29, 0.717) is 6.54 Å². The molecule has 0 spiro atoms. The Hall–Kier alpha value is -2.04. The maximum atomic E-state index is 12.4. The molecule has 144 valence electrons. The van der Waals surface area contributed by atoms with Gasteiger partial charge in [-0.1, -0.05) is 25.1 Å². The van der Waals surface area contributed by atoms with Gasteiger partial charge in [0.15, 0.2) is 0 Å². The number of benzene rings is 1. The van der Waals surface area contributed by atoms with Crippen molar-refractivity contribution in [1.82, 2.24) is 10.6 Å². The molecule has 1 saturated carbocycles. The standard InChI is InChI=1S/C21H32N2O3/c1-4-15(2)23-21(25)18-11-9-17(10-12-18)20(24)22-14-13-16-7-5-6-8-19(16)26-3/h5-8,15,17-18H,4,9-14H2,1-3H3,(H,22,24)(H,23,25). The second-order valence-electron chi connectivity index (χ2n) is 7.22. The van der Waals surface area contributed by atoms with Crippen molar-refractivity contribution in [3.05, 3.63) is 29.8 Å². The molecule has 1 fully saturated rings. The maximum absolute atomic E-state index is 12.4. The third kappa shape index (κ3) is 5.75. The van der Waals surface area contributed by atoms with Crippen LogP contribution in [0.1, 0.15) is 51.5 Å². The molecule has 0 bridgehead atoms. The number of carbonyl (C=O) groups excluding carboxylic acids is 2.